The number of nitrogens with two attached hydrogens (primary N) is 1. The molecule has 0 amide bonds. The van der Waals surface area contributed by atoms with Gasteiger partial charge in [0.15, 0.2) is 5.78 Å². The highest BCUT2D eigenvalue weighted by molar-refractivity contribution is 6.16. The molecule has 1 aromatic carbocycles. The van der Waals surface area contributed by atoms with Crippen molar-refractivity contribution in [1.82, 2.24) is 0 Å². The van der Waals surface area contributed by atoms with E-state index in [-0.39, 0.29) is 11.6 Å². The van der Waals surface area contributed by atoms with E-state index in [4.69, 9.17) is 15.5 Å². The van der Waals surface area contributed by atoms with Gasteiger partial charge in [0.2, 0.25) is 0 Å². The van der Waals surface area contributed by atoms with E-state index in [1.807, 2.05) is 13.0 Å². The van der Waals surface area contributed by atoms with E-state index >= 15 is 0 Å². The van der Waals surface area contributed by atoms with Gasteiger partial charge in [0.05, 0.1) is 0 Å². The van der Waals surface area contributed by atoms with Crippen molar-refractivity contribution in [2.24, 2.45) is 11.3 Å². The van der Waals surface area contributed by atoms with Crippen LogP contribution in [0.3, 0.4) is 0 Å². The molecular weight excluding hydrogens is 282 g/mol. The summed E-state index contributed by atoms with van der Waals surface area (Å²) in [7, 11) is 0. The minimum Gasteiger partial charge on any atom is -0.412 e. The van der Waals surface area contributed by atoms with Crippen LogP contribution in [0.5, 0.6) is 5.75 Å². The molecule has 2 fully saturated rings. The second kappa shape index (κ2) is 5.82. The summed E-state index contributed by atoms with van der Waals surface area (Å²) in [6.07, 6.45) is 2.37. The van der Waals surface area contributed by atoms with Crippen LogP contribution in [0.25, 0.3) is 0 Å². The number of carbonyl (C=O) groups excluding carboxylic acids is 2. The number of carbonyl (C=O) groups is 2. The maximum atomic E-state index is 13.0. The molecule has 2 aliphatic rings. The van der Waals surface area contributed by atoms with Crippen molar-refractivity contribution in [2.75, 3.05) is 13.2 Å². The maximum absolute atomic E-state index is 13.0. The Morgan fingerprint density at radius 3 is 2.68 bits per heavy atom. The van der Waals surface area contributed by atoms with Crippen LogP contribution in [0.2, 0.25) is 0 Å². The number of Topliss-reactive ketones (excluding diaryl/α,β-unsaturated/α-hetero) is 2. The van der Waals surface area contributed by atoms with Crippen molar-refractivity contribution in [3.8, 4) is 5.75 Å². The van der Waals surface area contributed by atoms with Crippen molar-refractivity contribution in [1.29, 1.82) is 0 Å². The molecular formula is C17H21NO4. The van der Waals surface area contributed by atoms with Crippen molar-refractivity contribution in [3.05, 3.63) is 29.3 Å². The number of hydrogen-bond acceptors (Lipinski definition) is 5. The zero-order chi connectivity index (χ0) is 15.7. The second-order valence-corrected chi connectivity index (χ2v) is 6.17. The summed E-state index contributed by atoms with van der Waals surface area (Å²) in [6.45, 7) is 3.12. The monoisotopic (exact) mass is 303 g/mol. The Hall–Kier alpha value is -1.72. The zero-order valence-electron chi connectivity index (χ0n) is 12.8. The molecule has 1 heterocycles. The third-order valence-corrected chi connectivity index (χ3v) is 5.01. The molecule has 1 saturated carbocycles. The number of ether oxygens (including phenoxy) is 1. The molecule has 0 radical (unpaired) electrons. The normalized spacial score (nSPS) is 24.0. The Balaban J connectivity index is 2.01. The Bertz CT molecular complexity index is 605. The molecule has 22 heavy (non-hydrogen) atoms. The molecule has 0 aromatic heterocycles. The largest absolute Gasteiger partial charge is 0.412 e. The first-order valence-corrected chi connectivity index (χ1v) is 7.75. The lowest BCUT2D eigenvalue weighted by Gasteiger charge is -2.31. The highest BCUT2D eigenvalue weighted by atomic mass is 16.6. The topological polar surface area (TPSA) is 78.6 Å². The van der Waals surface area contributed by atoms with Gasteiger partial charge in [-0.25, -0.2) is 0 Å². The van der Waals surface area contributed by atoms with Crippen molar-refractivity contribution in [2.45, 2.75) is 38.5 Å². The molecule has 118 valence electrons. The smallest absolute Gasteiger partial charge is 0.154 e. The number of rotatable bonds is 3. The Morgan fingerprint density at radius 1 is 1.32 bits per heavy atom. The molecule has 1 aliphatic carbocycles. The first-order valence-electron chi connectivity index (χ1n) is 7.75. The summed E-state index contributed by atoms with van der Waals surface area (Å²) < 4.78 is 5.36. The second-order valence-electron chi connectivity index (χ2n) is 6.17. The summed E-state index contributed by atoms with van der Waals surface area (Å²) in [5.41, 5.74) is 1.23. The lowest BCUT2D eigenvalue weighted by Crippen LogP contribution is -2.34. The van der Waals surface area contributed by atoms with Crippen molar-refractivity contribution >= 4 is 11.6 Å². The SMILES string of the molecule is CCc1ccc(ON)cc1C1C(=O)CC2(CCOCC2)C1=O. The van der Waals surface area contributed by atoms with Gasteiger partial charge in [0, 0.05) is 25.0 Å². The first kappa shape index (κ1) is 15.2. The molecule has 1 aromatic rings. The molecule has 1 aliphatic heterocycles. The third kappa shape index (κ3) is 2.34. The van der Waals surface area contributed by atoms with Gasteiger partial charge in [-0.2, -0.15) is 5.90 Å². The predicted octanol–water partition coefficient (Wildman–Crippen LogP) is 1.92. The standard InChI is InChI=1S/C17H21NO4/c1-2-11-3-4-12(22-18)9-13(11)15-14(19)10-17(16(15)20)5-7-21-8-6-17/h3-4,9,15H,2,5-8,10,18H2,1H3. The quantitative estimate of drug-likeness (QED) is 0.682. The van der Waals surface area contributed by atoms with Crippen molar-refractivity contribution in [3.63, 3.8) is 0 Å². The summed E-state index contributed by atoms with van der Waals surface area (Å²) in [4.78, 5) is 30.4. The van der Waals surface area contributed by atoms with E-state index in [2.05, 4.69) is 0 Å². The summed E-state index contributed by atoms with van der Waals surface area (Å²) in [6, 6.07) is 5.38. The van der Waals surface area contributed by atoms with E-state index in [9.17, 15) is 9.59 Å². The number of benzene rings is 1. The van der Waals surface area contributed by atoms with Gasteiger partial charge >= 0.3 is 0 Å². The fourth-order valence-electron chi connectivity index (χ4n) is 3.71. The Kier molecular flexibility index (Phi) is 4.02. The van der Waals surface area contributed by atoms with Crippen LogP contribution in [-0.4, -0.2) is 24.8 Å². The van der Waals surface area contributed by atoms with Gasteiger partial charge in [0.25, 0.3) is 0 Å². The Labute approximate surface area is 129 Å². The average Bonchev–Trinajstić information content (AvgIpc) is 2.77. The number of hydrogen-bond donors (Lipinski definition) is 1. The predicted molar refractivity (Wildman–Crippen MR) is 80.5 cm³/mol. The van der Waals surface area contributed by atoms with Crippen LogP contribution in [0, 0.1) is 5.41 Å². The van der Waals surface area contributed by atoms with Crippen LogP contribution >= 0.6 is 0 Å². The highest BCUT2D eigenvalue weighted by Gasteiger charge is 2.53. The molecule has 5 nitrogen and oxygen atoms in total. The molecule has 3 rings (SSSR count). The van der Waals surface area contributed by atoms with Crippen LogP contribution in [-0.2, 0) is 20.7 Å². The lowest BCUT2D eigenvalue weighted by molar-refractivity contribution is -0.131. The molecule has 2 N–H and O–H groups in total. The van der Waals surface area contributed by atoms with Crippen molar-refractivity contribution < 1.29 is 19.2 Å². The highest BCUT2D eigenvalue weighted by Crippen LogP contribution is 2.48. The minimum atomic E-state index is -0.678. The van der Waals surface area contributed by atoms with E-state index < -0.39 is 11.3 Å². The lowest BCUT2D eigenvalue weighted by atomic mass is 9.76. The van der Waals surface area contributed by atoms with E-state index in [1.165, 1.54) is 0 Å². The summed E-state index contributed by atoms with van der Waals surface area (Å²) in [5, 5.41) is 0. The van der Waals surface area contributed by atoms with E-state index in [0.717, 1.165) is 17.5 Å². The number of ketones is 2. The van der Waals surface area contributed by atoms with Gasteiger partial charge in [0.1, 0.15) is 17.5 Å². The fourth-order valence-corrected chi connectivity index (χ4v) is 3.71. The van der Waals surface area contributed by atoms with E-state index in [1.54, 1.807) is 12.1 Å². The minimum absolute atomic E-state index is 0.00997. The van der Waals surface area contributed by atoms with E-state index in [0.29, 0.717) is 38.2 Å². The molecule has 0 bridgehead atoms. The van der Waals surface area contributed by atoms with Crippen LogP contribution in [0.4, 0.5) is 0 Å². The Morgan fingerprint density at radius 2 is 2.05 bits per heavy atom. The van der Waals surface area contributed by atoms with Gasteiger partial charge in [-0.05, 0) is 42.5 Å². The summed E-state index contributed by atoms with van der Waals surface area (Å²) >= 11 is 0. The first-order chi connectivity index (χ1) is 10.6. The molecule has 1 atom stereocenters. The summed E-state index contributed by atoms with van der Waals surface area (Å²) in [5.74, 6) is 5.08. The molecule has 5 heteroatoms. The van der Waals surface area contributed by atoms with Gasteiger partial charge in [-0.3, -0.25) is 9.59 Å². The molecule has 1 saturated heterocycles. The number of aryl methyl sites for hydroxylation is 1. The van der Waals surface area contributed by atoms with Crippen LogP contribution in [0.1, 0.15) is 43.2 Å². The molecule has 1 spiro atoms. The third-order valence-electron chi connectivity index (χ3n) is 5.01. The van der Waals surface area contributed by atoms with Gasteiger partial charge in [-0.1, -0.05) is 13.0 Å². The average molecular weight is 303 g/mol. The van der Waals surface area contributed by atoms with Crippen LogP contribution < -0.4 is 10.7 Å². The molecule has 1 unspecified atom stereocenters. The van der Waals surface area contributed by atoms with Crippen LogP contribution in [0.15, 0.2) is 18.2 Å². The maximum Gasteiger partial charge on any atom is 0.154 e. The fraction of sp³-hybridized carbons (Fsp3) is 0.529. The van der Waals surface area contributed by atoms with Gasteiger partial charge < -0.3 is 9.57 Å². The zero-order valence-corrected chi connectivity index (χ0v) is 12.8. The van der Waals surface area contributed by atoms with Gasteiger partial charge in [-0.15, -0.1) is 0 Å².